The molecule has 5 rings (SSSR count). The van der Waals surface area contributed by atoms with E-state index in [0.717, 1.165) is 41.1 Å². The zero-order chi connectivity index (χ0) is 24.0. The van der Waals surface area contributed by atoms with Gasteiger partial charge in [0, 0.05) is 12.6 Å². The van der Waals surface area contributed by atoms with Crippen molar-refractivity contribution in [2.24, 2.45) is 7.05 Å². The van der Waals surface area contributed by atoms with Crippen molar-refractivity contribution < 1.29 is 4.74 Å². The Balaban J connectivity index is 1.46. The fraction of sp³-hybridized carbons (Fsp3) is 0.320. The lowest BCUT2D eigenvalue weighted by Gasteiger charge is -2.16. The molecule has 0 bridgehead atoms. The van der Waals surface area contributed by atoms with Crippen LogP contribution in [0.25, 0.3) is 11.4 Å². The van der Waals surface area contributed by atoms with E-state index >= 15 is 0 Å². The smallest absolute Gasteiger partial charge is 0.368 e. The maximum absolute atomic E-state index is 12.5. The second-order valence-electron chi connectivity index (χ2n) is 8.72. The molecular formula is C25H25N7O2. The minimum atomic E-state index is -0.295. The van der Waals surface area contributed by atoms with Crippen LogP contribution in [0, 0.1) is 32.1 Å². The zero-order valence-electron chi connectivity index (χ0n) is 19.6. The van der Waals surface area contributed by atoms with Crippen molar-refractivity contribution in [3.8, 4) is 23.2 Å². The Morgan fingerprint density at radius 1 is 1.12 bits per heavy atom. The van der Waals surface area contributed by atoms with Crippen LogP contribution in [0.1, 0.15) is 52.4 Å². The molecule has 1 aliphatic rings. The molecule has 0 aliphatic heterocycles. The molecule has 0 unspecified atom stereocenters. The predicted octanol–water partition coefficient (Wildman–Crippen LogP) is 3.41. The summed E-state index contributed by atoms with van der Waals surface area (Å²) in [6.45, 7) is 6.02. The third-order valence-electron chi connectivity index (χ3n) is 6.33. The topological polar surface area (TPSA) is 104 Å². The summed E-state index contributed by atoms with van der Waals surface area (Å²) < 4.78 is 10.6. The van der Waals surface area contributed by atoms with Crippen molar-refractivity contribution >= 4 is 0 Å². The van der Waals surface area contributed by atoms with Crippen LogP contribution in [0.5, 0.6) is 5.75 Å². The van der Waals surface area contributed by atoms with Crippen LogP contribution in [-0.4, -0.2) is 29.6 Å². The van der Waals surface area contributed by atoms with E-state index in [9.17, 15) is 10.1 Å². The van der Waals surface area contributed by atoms with E-state index in [2.05, 4.69) is 27.7 Å². The molecule has 2 aromatic heterocycles. The van der Waals surface area contributed by atoms with Gasteiger partial charge in [-0.15, -0.1) is 0 Å². The second-order valence-corrected chi connectivity index (χ2v) is 8.72. The number of nitriles is 1. The summed E-state index contributed by atoms with van der Waals surface area (Å²) in [7, 11) is 1.58. The van der Waals surface area contributed by atoms with Crippen LogP contribution in [0.4, 0.5) is 0 Å². The SMILES string of the molecule is Cc1cc(-n2nc(C)c(C#N)c2C)ccc1OCc1c(C2CC2)cccc1-n1nnn(C)c1=O. The number of rotatable bonds is 6. The van der Waals surface area contributed by atoms with E-state index < -0.39 is 0 Å². The Morgan fingerprint density at radius 3 is 2.53 bits per heavy atom. The Labute approximate surface area is 196 Å². The van der Waals surface area contributed by atoms with Gasteiger partial charge in [-0.3, -0.25) is 0 Å². The zero-order valence-corrected chi connectivity index (χ0v) is 19.6. The van der Waals surface area contributed by atoms with Crippen LogP contribution >= 0.6 is 0 Å². The number of nitrogens with zero attached hydrogens (tertiary/aromatic N) is 7. The molecule has 1 aliphatic carbocycles. The van der Waals surface area contributed by atoms with E-state index in [4.69, 9.17) is 4.74 Å². The maximum atomic E-state index is 12.5. The molecule has 0 spiro atoms. The standard InChI is InChI=1S/C25H25N7O2/c1-15-12-19(31-17(3)21(13-26)16(2)27-31)10-11-24(15)34-14-22-20(18-8-9-18)6-5-7-23(22)32-25(33)30(4)28-29-32/h5-7,10-12,18H,8-9,14H2,1-4H3. The van der Waals surface area contributed by atoms with E-state index in [1.54, 1.807) is 11.7 Å². The van der Waals surface area contributed by atoms with E-state index in [1.807, 2.05) is 51.1 Å². The summed E-state index contributed by atoms with van der Waals surface area (Å²) >= 11 is 0. The van der Waals surface area contributed by atoms with Gasteiger partial charge in [0.15, 0.2) is 0 Å². The van der Waals surface area contributed by atoms with E-state index in [0.29, 0.717) is 29.5 Å². The third-order valence-corrected chi connectivity index (χ3v) is 6.33. The fourth-order valence-corrected chi connectivity index (χ4v) is 4.32. The van der Waals surface area contributed by atoms with Gasteiger partial charge in [-0.2, -0.15) is 19.7 Å². The van der Waals surface area contributed by atoms with Crippen molar-refractivity contribution in [2.45, 2.75) is 46.1 Å². The fourth-order valence-electron chi connectivity index (χ4n) is 4.32. The van der Waals surface area contributed by atoms with Crippen molar-refractivity contribution in [2.75, 3.05) is 0 Å². The Hall–Kier alpha value is -4.19. The molecule has 4 aromatic rings. The molecule has 2 heterocycles. The molecule has 172 valence electrons. The highest BCUT2D eigenvalue weighted by Crippen LogP contribution is 2.43. The molecule has 9 nitrogen and oxygen atoms in total. The van der Waals surface area contributed by atoms with Gasteiger partial charge < -0.3 is 4.74 Å². The summed E-state index contributed by atoms with van der Waals surface area (Å²) in [6, 6.07) is 14.0. The van der Waals surface area contributed by atoms with Gasteiger partial charge in [0.05, 0.1) is 28.3 Å². The van der Waals surface area contributed by atoms with Crippen LogP contribution in [0.15, 0.2) is 41.2 Å². The van der Waals surface area contributed by atoms with Gasteiger partial charge in [-0.05, 0) is 85.3 Å². The van der Waals surface area contributed by atoms with Crippen molar-refractivity contribution in [3.63, 3.8) is 0 Å². The highest BCUT2D eigenvalue weighted by molar-refractivity contribution is 5.50. The number of aromatic nitrogens is 6. The van der Waals surface area contributed by atoms with Gasteiger partial charge in [0.2, 0.25) is 0 Å². The van der Waals surface area contributed by atoms with Crippen LogP contribution in [-0.2, 0) is 13.7 Å². The number of benzene rings is 2. The van der Waals surface area contributed by atoms with Gasteiger partial charge in [0.25, 0.3) is 0 Å². The van der Waals surface area contributed by atoms with Crippen molar-refractivity contribution in [3.05, 3.63) is 80.5 Å². The molecule has 0 amide bonds. The molecule has 1 saturated carbocycles. The molecule has 2 aromatic carbocycles. The number of tetrazole rings is 1. The molecule has 0 atom stereocenters. The van der Waals surface area contributed by atoms with Gasteiger partial charge in [0.1, 0.15) is 18.4 Å². The Kier molecular flexibility index (Phi) is 5.28. The number of hydrogen-bond acceptors (Lipinski definition) is 6. The van der Waals surface area contributed by atoms with Crippen LogP contribution < -0.4 is 10.4 Å². The first-order valence-electron chi connectivity index (χ1n) is 11.2. The average Bonchev–Trinajstić information content (AvgIpc) is 3.56. The number of ether oxygens (including phenoxy) is 1. The molecular weight excluding hydrogens is 430 g/mol. The summed E-state index contributed by atoms with van der Waals surface area (Å²) in [6.07, 6.45) is 2.26. The van der Waals surface area contributed by atoms with Gasteiger partial charge >= 0.3 is 5.69 Å². The van der Waals surface area contributed by atoms with Crippen molar-refractivity contribution in [1.29, 1.82) is 5.26 Å². The number of hydrogen-bond donors (Lipinski definition) is 0. The van der Waals surface area contributed by atoms with E-state index in [1.165, 1.54) is 14.9 Å². The molecule has 0 N–H and O–H groups in total. The summed E-state index contributed by atoms with van der Waals surface area (Å²) in [5.41, 5.74) is 6.49. The van der Waals surface area contributed by atoms with Crippen LogP contribution in [0.2, 0.25) is 0 Å². The Bertz CT molecular complexity index is 1500. The first kappa shape index (κ1) is 21.6. The Morgan fingerprint density at radius 2 is 1.91 bits per heavy atom. The first-order valence-corrected chi connectivity index (χ1v) is 11.2. The lowest BCUT2D eigenvalue weighted by molar-refractivity contribution is 0.302. The third kappa shape index (κ3) is 3.67. The summed E-state index contributed by atoms with van der Waals surface area (Å²) in [5.74, 6) is 1.23. The molecule has 9 heteroatoms. The van der Waals surface area contributed by atoms with Crippen LogP contribution in [0.3, 0.4) is 0 Å². The highest BCUT2D eigenvalue weighted by Gasteiger charge is 2.28. The normalized spacial score (nSPS) is 13.1. The minimum Gasteiger partial charge on any atom is -0.489 e. The molecule has 0 saturated heterocycles. The number of aryl methyl sites for hydroxylation is 3. The minimum absolute atomic E-state index is 0.295. The quantitative estimate of drug-likeness (QED) is 0.441. The molecule has 0 radical (unpaired) electrons. The predicted molar refractivity (Wildman–Crippen MR) is 125 cm³/mol. The summed E-state index contributed by atoms with van der Waals surface area (Å²) in [5, 5.41) is 21.8. The van der Waals surface area contributed by atoms with Crippen molar-refractivity contribution in [1.82, 2.24) is 29.6 Å². The lowest BCUT2D eigenvalue weighted by Crippen LogP contribution is -2.23. The molecule has 34 heavy (non-hydrogen) atoms. The monoisotopic (exact) mass is 455 g/mol. The molecule has 1 fully saturated rings. The maximum Gasteiger partial charge on any atom is 0.368 e. The largest absolute Gasteiger partial charge is 0.489 e. The van der Waals surface area contributed by atoms with Gasteiger partial charge in [-0.1, -0.05) is 12.1 Å². The second kappa shape index (κ2) is 8.30. The summed E-state index contributed by atoms with van der Waals surface area (Å²) in [4.78, 5) is 12.5. The van der Waals surface area contributed by atoms with E-state index in [-0.39, 0.29) is 5.69 Å². The first-order chi connectivity index (χ1) is 16.4. The lowest BCUT2D eigenvalue weighted by atomic mass is 10.0. The van der Waals surface area contributed by atoms with Gasteiger partial charge in [-0.25, -0.2) is 9.48 Å². The average molecular weight is 456 g/mol. The highest BCUT2D eigenvalue weighted by atomic mass is 16.5.